The molecule has 8 unspecified atom stereocenters. The summed E-state index contributed by atoms with van der Waals surface area (Å²) in [6, 6.07) is 0. The van der Waals surface area contributed by atoms with E-state index < -0.39 is 12.1 Å². The molecular formula is C27H46BrF3O. The average Bonchev–Trinajstić information content (AvgIpc) is 3.10. The van der Waals surface area contributed by atoms with Crippen LogP contribution in [0.3, 0.4) is 0 Å². The fraction of sp³-hybridized carbons (Fsp3) is 0.963. The Morgan fingerprint density at radius 1 is 0.969 bits per heavy atom. The van der Waals surface area contributed by atoms with Gasteiger partial charge in [-0.25, -0.2) is 0 Å². The minimum Gasteiger partial charge on any atom is -0.299 e. The number of carbonyl (C=O) groups is 1. The minimum absolute atomic E-state index is 0.157. The number of fused-ring (bicyclic) bond motifs is 5. The second-order valence-electron chi connectivity index (χ2n) is 11.0. The lowest BCUT2D eigenvalue weighted by atomic mass is 9.49. The molecule has 0 radical (unpaired) electrons. The van der Waals surface area contributed by atoms with Crippen LogP contribution in [0.2, 0.25) is 0 Å². The Morgan fingerprint density at radius 3 is 2.12 bits per heavy atom. The highest BCUT2D eigenvalue weighted by atomic mass is 79.9. The van der Waals surface area contributed by atoms with Crippen molar-refractivity contribution in [1.82, 2.24) is 0 Å². The van der Waals surface area contributed by atoms with Crippen LogP contribution in [0.1, 0.15) is 106 Å². The first kappa shape index (κ1) is 28.2. The van der Waals surface area contributed by atoms with Gasteiger partial charge in [0.25, 0.3) is 0 Å². The van der Waals surface area contributed by atoms with Gasteiger partial charge in [-0.1, -0.05) is 57.5 Å². The van der Waals surface area contributed by atoms with Crippen molar-refractivity contribution in [1.29, 1.82) is 0 Å². The van der Waals surface area contributed by atoms with Gasteiger partial charge in [0.05, 0.1) is 5.92 Å². The standard InChI is InChI=1S/C22H33F3O.C3H7Br.C2H6/c1-3-20(26)19-9-8-18-17-6-4-13-12-14(22(23,24)25)5-7-15(13)16(17)10-11-21(18,19)2;1-3(2)4;1-2/h13-19H,3-12H2,1-2H3;3H,1-2H3;1-2H3. The molecule has 0 aliphatic heterocycles. The van der Waals surface area contributed by atoms with E-state index in [-0.39, 0.29) is 17.3 Å². The third-order valence-electron chi connectivity index (χ3n) is 9.15. The number of hydrogen-bond acceptors (Lipinski definition) is 1. The SMILES string of the molecule is CC.CC(C)Br.CCC(=O)C1CCC2C3CCC4CC(C(F)(F)F)CCC4C3CCC12C. The van der Waals surface area contributed by atoms with Crippen molar-refractivity contribution in [3.63, 3.8) is 0 Å². The predicted molar refractivity (Wildman–Crippen MR) is 131 cm³/mol. The highest BCUT2D eigenvalue weighted by molar-refractivity contribution is 9.09. The van der Waals surface area contributed by atoms with Gasteiger partial charge in [-0.15, -0.1) is 0 Å². The van der Waals surface area contributed by atoms with Gasteiger partial charge in [-0.2, -0.15) is 13.2 Å². The molecule has 32 heavy (non-hydrogen) atoms. The van der Waals surface area contributed by atoms with Crippen molar-refractivity contribution in [2.75, 3.05) is 0 Å². The lowest BCUT2D eigenvalue weighted by Gasteiger charge is -2.56. The molecule has 4 aliphatic rings. The zero-order chi connectivity index (χ0) is 24.3. The molecule has 5 heteroatoms. The van der Waals surface area contributed by atoms with E-state index in [0.717, 1.165) is 44.9 Å². The normalized spacial score (nSPS) is 40.7. The Bertz CT molecular complexity index is 601. The molecule has 1 nitrogen and oxygen atoms in total. The van der Waals surface area contributed by atoms with Crippen LogP contribution < -0.4 is 0 Å². The van der Waals surface area contributed by atoms with Gasteiger partial charge in [-0.3, -0.25) is 4.79 Å². The van der Waals surface area contributed by atoms with E-state index in [1.54, 1.807) is 0 Å². The Morgan fingerprint density at radius 2 is 1.56 bits per heavy atom. The molecule has 0 aromatic heterocycles. The lowest BCUT2D eigenvalue weighted by molar-refractivity contribution is -0.196. The van der Waals surface area contributed by atoms with Crippen LogP contribution in [0.15, 0.2) is 0 Å². The van der Waals surface area contributed by atoms with E-state index in [0.29, 0.717) is 53.5 Å². The quantitative estimate of drug-likeness (QED) is 0.330. The Hall–Kier alpha value is -0.0600. The second-order valence-corrected chi connectivity index (χ2v) is 12.8. The average molecular weight is 524 g/mol. The Balaban J connectivity index is 0.000000547. The van der Waals surface area contributed by atoms with Crippen molar-refractivity contribution >= 4 is 21.7 Å². The smallest absolute Gasteiger partial charge is 0.299 e. The van der Waals surface area contributed by atoms with Crippen LogP contribution in [0, 0.1) is 46.8 Å². The van der Waals surface area contributed by atoms with Crippen LogP contribution in [0.5, 0.6) is 0 Å². The van der Waals surface area contributed by atoms with Gasteiger partial charge in [0, 0.05) is 17.2 Å². The molecule has 8 atom stereocenters. The maximum absolute atomic E-state index is 13.2. The maximum Gasteiger partial charge on any atom is 0.391 e. The van der Waals surface area contributed by atoms with Gasteiger partial charge in [0.2, 0.25) is 0 Å². The molecule has 0 amide bonds. The summed E-state index contributed by atoms with van der Waals surface area (Å²) in [5, 5.41) is 0. The summed E-state index contributed by atoms with van der Waals surface area (Å²) < 4.78 is 39.5. The molecule has 188 valence electrons. The van der Waals surface area contributed by atoms with E-state index in [1.807, 2.05) is 20.8 Å². The van der Waals surface area contributed by atoms with Crippen molar-refractivity contribution in [3.05, 3.63) is 0 Å². The molecule has 0 heterocycles. The van der Waals surface area contributed by atoms with E-state index >= 15 is 0 Å². The summed E-state index contributed by atoms with van der Waals surface area (Å²) in [6.07, 6.45) is 4.67. The Labute approximate surface area is 203 Å². The molecule has 0 saturated heterocycles. The molecule has 0 aromatic carbocycles. The van der Waals surface area contributed by atoms with Gasteiger partial charge < -0.3 is 0 Å². The fourth-order valence-corrected chi connectivity index (χ4v) is 7.93. The van der Waals surface area contributed by atoms with Gasteiger partial charge in [0.15, 0.2) is 0 Å². The highest BCUT2D eigenvalue weighted by Gasteiger charge is 2.58. The van der Waals surface area contributed by atoms with Gasteiger partial charge >= 0.3 is 6.18 Å². The van der Waals surface area contributed by atoms with E-state index in [1.165, 1.54) is 0 Å². The van der Waals surface area contributed by atoms with Crippen LogP contribution in [-0.4, -0.2) is 16.8 Å². The summed E-state index contributed by atoms with van der Waals surface area (Å²) in [5.41, 5.74) is 0.157. The number of carbonyl (C=O) groups excluding carboxylic acids is 1. The van der Waals surface area contributed by atoms with Crippen molar-refractivity contribution in [2.24, 2.45) is 46.8 Å². The molecule has 0 spiro atoms. The topological polar surface area (TPSA) is 17.1 Å². The fourth-order valence-electron chi connectivity index (χ4n) is 7.93. The summed E-state index contributed by atoms with van der Waals surface area (Å²) >= 11 is 3.27. The van der Waals surface area contributed by atoms with E-state index in [9.17, 15) is 18.0 Å². The molecule has 4 rings (SSSR count). The monoisotopic (exact) mass is 522 g/mol. The first-order chi connectivity index (χ1) is 15.0. The molecule has 0 aromatic rings. The number of hydrogen-bond donors (Lipinski definition) is 0. The van der Waals surface area contributed by atoms with Crippen LogP contribution >= 0.6 is 15.9 Å². The van der Waals surface area contributed by atoms with E-state index in [4.69, 9.17) is 0 Å². The van der Waals surface area contributed by atoms with Crippen LogP contribution in [-0.2, 0) is 4.79 Å². The largest absolute Gasteiger partial charge is 0.391 e. The molecule has 4 saturated carbocycles. The number of alkyl halides is 4. The van der Waals surface area contributed by atoms with Crippen LogP contribution in [0.25, 0.3) is 0 Å². The number of halogens is 4. The van der Waals surface area contributed by atoms with Crippen molar-refractivity contribution in [2.45, 2.75) is 117 Å². The first-order valence-corrected chi connectivity index (χ1v) is 14.1. The molecule has 0 bridgehead atoms. The molecular weight excluding hydrogens is 477 g/mol. The third-order valence-corrected chi connectivity index (χ3v) is 9.15. The molecule has 4 fully saturated rings. The highest BCUT2D eigenvalue weighted by Crippen LogP contribution is 2.65. The van der Waals surface area contributed by atoms with E-state index in [2.05, 4.69) is 36.7 Å². The zero-order valence-corrected chi connectivity index (χ0v) is 22.7. The van der Waals surface area contributed by atoms with Crippen LogP contribution in [0.4, 0.5) is 13.2 Å². The number of Topliss-reactive ketones (excluding diaryl/α,β-unsaturated/α-hetero) is 1. The summed E-state index contributed by atoms with van der Waals surface area (Å²) in [6.45, 7) is 12.5. The van der Waals surface area contributed by atoms with Gasteiger partial charge in [-0.05, 0) is 92.8 Å². The third kappa shape index (κ3) is 5.95. The minimum atomic E-state index is -4.01. The predicted octanol–water partition coefficient (Wildman–Crippen LogP) is 9.23. The number of ketones is 1. The Kier molecular flexibility index (Phi) is 10.2. The molecule has 0 N–H and O–H groups in total. The first-order valence-electron chi connectivity index (χ1n) is 13.2. The lowest BCUT2D eigenvalue weighted by Crippen LogP contribution is -2.50. The van der Waals surface area contributed by atoms with Crippen molar-refractivity contribution in [3.8, 4) is 0 Å². The maximum atomic E-state index is 13.2. The second kappa shape index (κ2) is 11.6. The molecule has 4 aliphatic carbocycles. The summed E-state index contributed by atoms with van der Waals surface area (Å²) in [7, 11) is 0. The summed E-state index contributed by atoms with van der Waals surface area (Å²) in [4.78, 5) is 13.1. The number of rotatable bonds is 2. The van der Waals surface area contributed by atoms with Gasteiger partial charge in [0.1, 0.15) is 5.78 Å². The van der Waals surface area contributed by atoms with Crippen molar-refractivity contribution < 1.29 is 18.0 Å². The summed E-state index contributed by atoms with van der Waals surface area (Å²) in [5.74, 6) is 2.32. The zero-order valence-electron chi connectivity index (χ0n) is 21.1.